The number of nitrogen functional groups attached to an aromatic ring is 1. The zero-order chi connectivity index (χ0) is 19.3. The van der Waals surface area contributed by atoms with Crippen molar-refractivity contribution >= 4 is 28.1 Å². The predicted octanol–water partition coefficient (Wildman–Crippen LogP) is 2.09. The molecule has 0 aliphatic heterocycles. The second kappa shape index (κ2) is 5.98. The molecular formula is C18H12FN7O2. The number of anilines is 1. The molecule has 138 valence electrons. The monoisotopic (exact) mass is 377 g/mol. The molecule has 0 aliphatic carbocycles. The minimum atomic E-state index is -0.676. The quantitative estimate of drug-likeness (QED) is 0.492. The number of aromatic nitrogens is 6. The van der Waals surface area contributed by atoms with E-state index in [1.165, 1.54) is 6.07 Å². The van der Waals surface area contributed by atoms with Crippen LogP contribution in [-0.4, -0.2) is 29.7 Å². The standard InChI is InChI=1S/C18H12FN7O2/c19-11-6-2-1-4-9(11)8-26-17-10(5-3-7-21-17)12(25-26)15-22-14(20)13-16(23-15)24-18(27)28-13/h1-7H,8H2,(H3,20,22,23,24,27). The van der Waals surface area contributed by atoms with E-state index in [9.17, 15) is 9.18 Å². The van der Waals surface area contributed by atoms with E-state index in [1.807, 2.05) is 6.07 Å². The third kappa shape index (κ3) is 2.50. The fourth-order valence-electron chi connectivity index (χ4n) is 3.05. The fraction of sp³-hybridized carbons (Fsp3) is 0.0556. The van der Waals surface area contributed by atoms with Crippen LogP contribution in [0.5, 0.6) is 0 Å². The lowest BCUT2D eigenvalue weighted by Crippen LogP contribution is -2.05. The Morgan fingerprint density at radius 3 is 2.89 bits per heavy atom. The summed E-state index contributed by atoms with van der Waals surface area (Å²) in [5.41, 5.74) is 7.59. The summed E-state index contributed by atoms with van der Waals surface area (Å²) in [4.78, 5) is 26.8. The van der Waals surface area contributed by atoms with Crippen LogP contribution < -0.4 is 11.5 Å². The van der Waals surface area contributed by atoms with Gasteiger partial charge in [-0.05, 0) is 18.2 Å². The van der Waals surface area contributed by atoms with Gasteiger partial charge in [-0.15, -0.1) is 0 Å². The summed E-state index contributed by atoms with van der Waals surface area (Å²) in [7, 11) is 0. The second-order valence-corrected chi connectivity index (χ2v) is 6.10. The number of oxazole rings is 1. The van der Waals surface area contributed by atoms with E-state index in [2.05, 4.69) is 25.0 Å². The number of halogens is 1. The Hall–Kier alpha value is -4.08. The molecule has 0 unspecified atom stereocenters. The summed E-state index contributed by atoms with van der Waals surface area (Å²) in [6.07, 6.45) is 1.62. The lowest BCUT2D eigenvalue weighted by molar-refractivity contribution is 0.555. The molecule has 9 nitrogen and oxygen atoms in total. The Kier molecular flexibility index (Phi) is 3.44. The van der Waals surface area contributed by atoms with Crippen LogP contribution in [0.2, 0.25) is 0 Å². The van der Waals surface area contributed by atoms with Gasteiger partial charge in [-0.25, -0.2) is 28.8 Å². The first kappa shape index (κ1) is 16.1. The van der Waals surface area contributed by atoms with Gasteiger partial charge in [-0.3, -0.25) is 4.98 Å². The summed E-state index contributed by atoms with van der Waals surface area (Å²) in [5.74, 6) is -0.794. The molecule has 5 aromatic rings. The number of hydrogen-bond donors (Lipinski definition) is 2. The highest BCUT2D eigenvalue weighted by atomic mass is 19.1. The minimum Gasteiger partial charge on any atom is -0.402 e. The third-order valence-electron chi connectivity index (χ3n) is 4.30. The summed E-state index contributed by atoms with van der Waals surface area (Å²) in [6, 6.07) is 10.0. The Bertz CT molecular complexity index is 1400. The van der Waals surface area contributed by atoms with E-state index < -0.39 is 5.76 Å². The average Bonchev–Trinajstić information content (AvgIpc) is 3.24. The molecule has 0 amide bonds. The summed E-state index contributed by atoms with van der Waals surface area (Å²) in [6.45, 7) is 0.181. The van der Waals surface area contributed by atoms with Crippen LogP contribution in [0.1, 0.15) is 5.56 Å². The van der Waals surface area contributed by atoms with Crippen molar-refractivity contribution < 1.29 is 8.81 Å². The van der Waals surface area contributed by atoms with Crippen LogP contribution in [0.15, 0.2) is 51.8 Å². The normalized spacial score (nSPS) is 11.5. The molecule has 0 spiro atoms. The molecule has 1 aromatic carbocycles. The zero-order valence-corrected chi connectivity index (χ0v) is 14.3. The Morgan fingerprint density at radius 1 is 1.18 bits per heavy atom. The Morgan fingerprint density at radius 2 is 2.04 bits per heavy atom. The molecule has 0 saturated carbocycles. The maximum Gasteiger partial charge on any atom is 0.418 e. The highest BCUT2D eigenvalue weighted by molar-refractivity contribution is 5.91. The molecule has 10 heteroatoms. The van der Waals surface area contributed by atoms with Crippen LogP contribution in [-0.2, 0) is 6.54 Å². The minimum absolute atomic E-state index is 0.0130. The molecule has 0 saturated heterocycles. The van der Waals surface area contributed by atoms with Crippen LogP contribution in [0.25, 0.3) is 33.8 Å². The molecule has 0 atom stereocenters. The second-order valence-electron chi connectivity index (χ2n) is 6.10. The van der Waals surface area contributed by atoms with E-state index in [0.717, 1.165) is 0 Å². The number of benzene rings is 1. The highest BCUT2D eigenvalue weighted by Gasteiger charge is 2.19. The number of nitrogens with two attached hydrogens (primary N) is 1. The molecule has 4 heterocycles. The first-order chi connectivity index (χ1) is 13.6. The van der Waals surface area contributed by atoms with Crippen molar-refractivity contribution in [3.63, 3.8) is 0 Å². The van der Waals surface area contributed by atoms with E-state index in [0.29, 0.717) is 22.3 Å². The van der Waals surface area contributed by atoms with Gasteiger partial charge in [0.15, 0.2) is 22.9 Å². The molecule has 0 radical (unpaired) electrons. The van der Waals surface area contributed by atoms with E-state index >= 15 is 0 Å². The molecule has 0 aliphatic rings. The number of aromatic amines is 1. The van der Waals surface area contributed by atoms with Gasteiger partial charge in [-0.2, -0.15) is 5.10 Å². The number of fused-ring (bicyclic) bond motifs is 2. The molecule has 28 heavy (non-hydrogen) atoms. The van der Waals surface area contributed by atoms with Crippen molar-refractivity contribution in [2.75, 3.05) is 5.73 Å². The van der Waals surface area contributed by atoms with E-state index in [1.54, 1.807) is 35.1 Å². The number of nitrogens with zero attached hydrogens (tertiary/aromatic N) is 5. The summed E-state index contributed by atoms with van der Waals surface area (Å²) in [5, 5.41) is 5.20. The first-order valence-corrected chi connectivity index (χ1v) is 8.32. The van der Waals surface area contributed by atoms with Crippen molar-refractivity contribution in [1.29, 1.82) is 0 Å². The van der Waals surface area contributed by atoms with Crippen LogP contribution in [0.3, 0.4) is 0 Å². The lowest BCUT2D eigenvalue weighted by Gasteiger charge is -2.04. The average molecular weight is 377 g/mol. The summed E-state index contributed by atoms with van der Waals surface area (Å²) < 4.78 is 20.6. The largest absolute Gasteiger partial charge is 0.418 e. The van der Waals surface area contributed by atoms with Gasteiger partial charge < -0.3 is 10.2 Å². The fourth-order valence-corrected chi connectivity index (χ4v) is 3.05. The molecular weight excluding hydrogens is 365 g/mol. The summed E-state index contributed by atoms with van der Waals surface area (Å²) >= 11 is 0. The third-order valence-corrected chi connectivity index (χ3v) is 4.30. The molecule has 3 N–H and O–H groups in total. The van der Waals surface area contributed by atoms with Gasteiger partial charge in [0.25, 0.3) is 0 Å². The van der Waals surface area contributed by atoms with Gasteiger partial charge >= 0.3 is 5.76 Å². The first-order valence-electron chi connectivity index (χ1n) is 8.32. The maximum absolute atomic E-state index is 14.1. The van der Waals surface area contributed by atoms with Crippen molar-refractivity contribution in [3.05, 3.63) is 64.5 Å². The van der Waals surface area contributed by atoms with Crippen molar-refractivity contribution in [2.24, 2.45) is 0 Å². The van der Waals surface area contributed by atoms with Gasteiger partial charge in [-0.1, -0.05) is 18.2 Å². The smallest absolute Gasteiger partial charge is 0.402 e. The number of H-pyrrole nitrogens is 1. The zero-order valence-electron chi connectivity index (χ0n) is 14.3. The Balaban J connectivity index is 1.71. The maximum atomic E-state index is 14.1. The van der Waals surface area contributed by atoms with Gasteiger partial charge in [0.05, 0.1) is 11.9 Å². The van der Waals surface area contributed by atoms with Crippen LogP contribution in [0.4, 0.5) is 10.2 Å². The van der Waals surface area contributed by atoms with Gasteiger partial charge in [0.1, 0.15) is 11.5 Å². The van der Waals surface area contributed by atoms with Crippen molar-refractivity contribution in [3.8, 4) is 11.5 Å². The van der Waals surface area contributed by atoms with Crippen molar-refractivity contribution in [1.82, 2.24) is 29.7 Å². The SMILES string of the molecule is Nc1nc(-c2nn(Cc3ccccc3F)c3ncccc23)nc2[nH]c(=O)oc12. The van der Waals surface area contributed by atoms with Crippen LogP contribution >= 0.6 is 0 Å². The molecule has 0 bridgehead atoms. The topological polar surface area (TPSA) is 129 Å². The molecule has 0 fully saturated rings. The van der Waals surface area contributed by atoms with Crippen molar-refractivity contribution in [2.45, 2.75) is 6.54 Å². The van der Waals surface area contributed by atoms with Gasteiger partial charge in [0, 0.05) is 11.8 Å². The lowest BCUT2D eigenvalue weighted by atomic mass is 10.2. The molecule has 5 rings (SSSR count). The number of nitrogens with one attached hydrogen (secondary N) is 1. The van der Waals surface area contributed by atoms with Gasteiger partial charge in [0.2, 0.25) is 5.58 Å². The molecule has 4 aromatic heterocycles. The number of hydrogen-bond acceptors (Lipinski definition) is 7. The van der Waals surface area contributed by atoms with E-state index in [4.69, 9.17) is 10.2 Å². The highest BCUT2D eigenvalue weighted by Crippen LogP contribution is 2.27. The van der Waals surface area contributed by atoms with E-state index in [-0.39, 0.29) is 35.2 Å². The number of rotatable bonds is 3. The number of pyridine rings is 1. The Labute approximate surface area is 155 Å². The predicted molar refractivity (Wildman–Crippen MR) is 98.9 cm³/mol. The van der Waals surface area contributed by atoms with Crippen LogP contribution in [0, 0.1) is 5.82 Å².